The number of carbonyl (C=O) groups excluding carboxylic acids is 1. The van der Waals surface area contributed by atoms with Crippen molar-refractivity contribution < 1.29 is 13.9 Å². The first-order valence-electron chi connectivity index (χ1n) is 12.2. The van der Waals surface area contributed by atoms with E-state index >= 15 is 0 Å². The molecule has 0 saturated carbocycles. The SMILES string of the molecule is COc1ccccc1[C@H]1CN(Cc2ccc(C)o2)C[C@@H]1CN(Cc1ccccc1)C(=O)C(C)C. The molecule has 0 radical (unpaired) electrons. The summed E-state index contributed by atoms with van der Waals surface area (Å²) in [5.41, 5.74) is 2.37. The van der Waals surface area contributed by atoms with Crippen LogP contribution in [0.5, 0.6) is 5.75 Å². The van der Waals surface area contributed by atoms with E-state index in [1.165, 1.54) is 5.56 Å². The molecule has 3 aromatic rings. The summed E-state index contributed by atoms with van der Waals surface area (Å²) in [6.07, 6.45) is 0. The van der Waals surface area contributed by atoms with Crippen LogP contribution in [0.1, 0.15) is 42.4 Å². The Bertz CT molecular complexity index is 1080. The van der Waals surface area contributed by atoms with Crippen molar-refractivity contribution in [1.82, 2.24) is 9.80 Å². The number of furan rings is 1. The Morgan fingerprint density at radius 1 is 1.06 bits per heavy atom. The molecule has 34 heavy (non-hydrogen) atoms. The zero-order chi connectivity index (χ0) is 24.1. The minimum Gasteiger partial charge on any atom is -0.496 e. The third-order valence-electron chi connectivity index (χ3n) is 6.71. The molecule has 0 N–H and O–H groups in total. The van der Waals surface area contributed by atoms with E-state index in [1.807, 2.05) is 62.1 Å². The van der Waals surface area contributed by atoms with E-state index in [1.54, 1.807) is 7.11 Å². The van der Waals surface area contributed by atoms with Crippen LogP contribution in [0.4, 0.5) is 0 Å². The van der Waals surface area contributed by atoms with Crippen LogP contribution in [0.3, 0.4) is 0 Å². The van der Waals surface area contributed by atoms with Gasteiger partial charge in [-0.3, -0.25) is 9.69 Å². The molecule has 1 saturated heterocycles. The molecule has 1 aromatic heterocycles. The lowest BCUT2D eigenvalue weighted by Gasteiger charge is -2.30. The van der Waals surface area contributed by atoms with Gasteiger partial charge in [-0.25, -0.2) is 0 Å². The number of hydrogen-bond acceptors (Lipinski definition) is 4. The Morgan fingerprint density at radius 2 is 1.79 bits per heavy atom. The number of para-hydroxylation sites is 1. The first-order chi connectivity index (χ1) is 16.4. The molecule has 2 atom stereocenters. The molecule has 5 nitrogen and oxygen atoms in total. The van der Waals surface area contributed by atoms with Crippen molar-refractivity contribution in [3.05, 3.63) is 89.4 Å². The molecule has 5 heteroatoms. The standard InChI is InChI=1S/C29H36N2O3/c1-21(2)29(32)31(16-23-10-6-5-7-11-23)18-24-17-30(19-25-15-14-22(3)34-25)20-27(24)26-12-8-9-13-28(26)33-4/h5-15,21,24,27H,16-20H2,1-4H3/t24-,27+/m1/s1. The van der Waals surface area contributed by atoms with Gasteiger partial charge < -0.3 is 14.1 Å². The van der Waals surface area contributed by atoms with E-state index in [9.17, 15) is 4.79 Å². The first-order valence-corrected chi connectivity index (χ1v) is 12.2. The second-order valence-corrected chi connectivity index (χ2v) is 9.67. The second kappa shape index (κ2) is 10.9. The van der Waals surface area contributed by atoms with Crippen molar-refractivity contribution in [1.29, 1.82) is 0 Å². The Hall–Kier alpha value is -3.05. The molecule has 1 amide bonds. The van der Waals surface area contributed by atoms with E-state index in [0.29, 0.717) is 19.0 Å². The maximum absolute atomic E-state index is 13.2. The lowest BCUT2D eigenvalue weighted by Crippen LogP contribution is -2.39. The molecule has 1 fully saturated rings. The van der Waals surface area contributed by atoms with Crippen LogP contribution in [0.25, 0.3) is 0 Å². The average Bonchev–Trinajstić information content (AvgIpc) is 3.44. The quantitative estimate of drug-likeness (QED) is 0.423. The highest BCUT2D eigenvalue weighted by atomic mass is 16.5. The van der Waals surface area contributed by atoms with Gasteiger partial charge in [0.05, 0.1) is 13.7 Å². The Labute approximate surface area is 203 Å². The van der Waals surface area contributed by atoms with Gasteiger partial charge in [0, 0.05) is 38.0 Å². The molecule has 0 bridgehead atoms. The molecule has 0 spiro atoms. The summed E-state index contributed by atoms with van der Waals surface area (Å²) < 4.78 is 11.6. The third kappa shape index (κ3) is 5.71. The molecule has 180 valence electrons. The fourth-order valence-corrected chi connectivity index (χ4v) is 5.07. The minimum absolute atomic E-state index is 0.0444. The van der Waals surface area contributed by atoms with Crippen LogP contribution in [-0.2, 0) is 17.9 Å². The molecule has 1 aliphatic rings. The summed E-state index contributed by atoms with van der Waals surface area (Å²) in [5.74, 6) is 3.54. The second-order valence-electron chi connectivity index (χ2n) is 9.67. The monoisotopic (exact) mass is 460 g/mol. The number of likely N-dealkylation sites (tertiary alicyclic amines) is 1. The average molecular weight is 461 g/mol. The normalized spacial score (nSPS) is 18.4. The molecular formula is C29H36N2O3. The summed E-state index contributed by atoms with van der Waals surface area (Å²) in [7, 11) is 1.73. The topological polar surface area (TPSA) is 45.9 Å². The Kier molecular flexibility index (Phi) is 7.73. The molecular weight excluding hydrogens is 424 g/mol. The Morgan fingerprint density at radius 3 is 2.47 bits per heavy atom. The van der Waals surface area contributed by atoms with Crippen LogP contribution in [0, 0.1) is 18.8 Å². The highest BCUT2D eigenvalue weighted by Gasteiger charge is 2.37. The van der Waals surface area contributed by atoms with Gasteiger partial charge in [0.2, 0.25) is 5.91 Å². The predicted octanol–water partition coefficient (Wildman–Crippen LogP) is 5.50. The lowest BCUT2D eigenvalue weighted by atomic mass is 9.87. The van der Waals surface area contributed by atoms with Gasteiger partial charge >= 0.3 is 0 Å². The van der Waals surface area contributed by atoms with Crippen LogP contribution in [0.15, 0.2) is 71.1 Å². The van der Waals surface area contributed by atoms with E-state index in [-0.39, 0.29) is 17.7 Å². The fraction of sp³-hybridized carbons (Fsp3) is 0.414. The van der Waals surface area contributed by atoms with Gasteiger partial charge in [0.1, 0.15) is 17.3 Å². The van der Waals surface area contributed by atoms with Gasteiger partial charge in [0.15, 0.2) is 0 Å². The maximum atomic E-state index is 13.2. The molecule has 0 aliphatic carbocycles. The van der Waals surface area contributed by atoms with Crippen molar-refractivity contribution in [3.8, 4) is 5.75 Å². The number of nitrogens with zero attached hydrogens (tertiary/aromatic N) is 2. The zero-order valence-electron chi connectivity index (χ0n) is 20.7. The number of methoxy groups -OCH3 is 1. The summed E-state index contributed by atoms with van der Waals surface area (Å²) in [4.78, 5) is 17.7. The van der Waals surface area contributed by atoms with E-state index in [2.05, 4.69) is 35.2 Å². The largest absolute Gasteiger partial charge is 0.496 e. The highest BCUT2D eigenvalue weighted by Crippen LogP contribution is 2.38. The number of benzene rings is 2. The fourth-order valence-electron chi connectivity index (χ4n) is 5.07. The smallest absolute Gasteiger partial charge is 0.225 e. The van der Waals surface area contributed by atoms with Gasteiger partial charge in [-0.05, 0) is 42.2 Å². The first kappa shape index (κ1) is 24.1. The highest BCUT2D eigenvalue weighted by molar-refractivity contribution is 5.78. The third-order valence-corrected chi connectivity index (χ3v) is 6.71. The van der Waals surface area contributed by atoms with E-state index < -0.39 is 0 Å². The predicted molar refractivity (Wildman–Crippen MR) is 135 cm³/mol. The number of aryl methyl sites for hydroxylation is 1. The number of carbonyl (C=O) groups is 1. The van der Waals surface area contributed by atoms with Crippen LogP contribution in [-0.4, -0.2) is 42.5 Å². The summed E-state index contributed by atoms with van der Waals surface area (Å²) in [6, 6.07) is 22.6. The molecule has 2 aromatic carbocycles. The summed E-state index contributed by atoms with van der Waals surface area (Å²) in [5, 5.41) is 0. The van der Waals surface area contributed by atoms with E-state index in [4.69, 9.17) is 9.15 Å². The summed E-state index contributed by atoms with van der Waals surface area (Å²) in [6.45, 7) is 9.86. The molecule has 4 rings (SSSR count). The lowest BCUT2D eigenvalue weighted by molar-refractivity contribution is -0.135. The summed E-state index contributed by atoms with van der Waals surface area (Å²) >= 11 is 0. The molecule has 1 aliphatic heterocycles. The van der Waals surface area contributed by atoms with Crippen LogP contribution >= 0.6 is 0 Å². The molecule has 0 unspecified atom stereocenters. The number of amides is 1. The van der Waals surface area contributed by atoms with Crippen molar-refractivity contribution >= 4 is 5.91 Å². The molecule has 2 heterocycles. The maximum Gasteiger partial charge on any atom is 0.225 e. The van der Waals surface area contributed by atoms with Crippen molar-refractivity contribution in [3.63, 3.8) is 0 Å². The van der Waals surface area contributed by atoms with Gasteiger partial charge in [-0.2, -0.15) is 0 Å². The van der Waals surface area contributed by atoms with Crippen molar-refractivity contribution in [2.45, 2.75) is 39.8 Å². The van der Waals surface area contributed by atoms with Crippen LogP contribution < -0.4 is 4.74 Å². The van der Waals surface area contributed by atoms with Crippen molar-refractivity contribution in [2.75, 3.05) is 26.7 Å². The van der Waals surface area contributed by atoms with E-state index in [0.717, 1.165) is 42.5 Å². The van der Waals surface area contributed by atoms with Crippen molar-refractivity contribution in [2.24, 2.45) is 11.8 Å². The zero-order valence-corrected chi connectivity index (χ0v) is 20.7. The Balaban J connectivity index is 1.60. The minimum atomic E-state index is -0.0444. The number of ether oxygens (including phenoxy) is 1. The van der Waals surface area contributed by atoms with Gasteiger partial charge in [0.25, 0.3) is 0 Å². The van der Waals surface area contributed by atoms with Gasteiger partial charge in [-0.1, -0.05) is 62.4 Å². The number of rotatable bonds is 9. The van der Waals surface area contributed by atoms with Gasteiger partial charge in [-0.15, -0.1) is 0 Å². The van der Waals surface area contributed by atoms with Crippen LogP contribution in [0.2, 0.25) is 0 Å². The number of hydrogen-bond donors (Lipinski definition) is 0.